The monoisotopic (exact) mass is 452 g/mol. The van der Waals surface area contributed by atoms with Crippen molar-refractivity contribution in [3.8, 4) is 0 Å². The van der Waals surface area contributed by atoms with E-state index in [4.69, 9.17) is 0 Å². The lowest BCUT2D eigenvalue weighted by Gasteiger charge is -2.36. The Balaban J connectivity index is 1.26. The summed E-state index contributed by atoms with van der Waals surface area (Å²) in [5.74, 6) is 0.244. The number of aliphatic hydroxyl groups is 1. The molecule has 2 aliphatic rings. The van der Waals surface area contributed by atoms with Crippen LogP contribution < -0.4 is 10.6 Å². The van der Waals surface area contributed by atoms with Gasteiger partial charge in [0.15, 0.2) is 0 Å². The molecule has 0 spiro atoms. The Bertz CT molecular complexity index is 963. The van der Waals surface area contributed by atoms with Crippen LogP contribution >= 0.6 is 0 Å². The fourth-order valence-electron chi connectivity index (χ4n) is 4.63. The number of hydrogen-bond donors (Lipinski definition) is 3. The van der Waals surface area contributed by atoms with Gasteiger partial charge in [-0.3, -0.25) is 14.5 Å². The lowest BCUT2D eigenvalue weighted by molar-refractivity contribution is -0.118. The number of carbonyl (C=O) groups is 2. The number of rotatable bonds is 8. The molecular weight excluding hydrogens is 420 g/mol. The van der Waals surface area contributed by atoms with E-state index >= 15 is 0 Å². The van der Waals surface area contributed by atoms with E-state index in [0.29, 0.717) is 25.5 Å². The number of piperidine rings is 1. The smallest absolute Gasteiger partial charge is 0.270 e. The van der Waals surface area contributed by atoms with Crippen LogP contribution in [0.5, 0.6) is 0 Å². The molecule has 176 valence electrons. The van der Waals surface area contributed by atoms with Gasteiger partial charge in [0.2, 0.25) is 6.41 Å². The summed E-state index contributed by atoms with van der Waals surface area (Å²) in [6, 6.07) is 10.5. The Hall–Kier alpha value is -3.04. The van der Waals surface area contributed by atoms with Crippen LogP contribution in [0.3, 0.4) is 0 Å². The molecule has 1 aromatic heterocycles. The fourth-order valence-corrected chi connectivity index (χ4v) is 4.63. The predicted octanol–water partition coefficient (Wildman–Crippen LogP) is 1.22. The highest BCUT2D eigenvalue weighted by Gasteiger charge is 2.25. The molecule has 0 saturated carbocycles. The summed E-state index contributed by atoms with van der Waals surface area (Å²) in [5.41, 5.74) is 2.93. The molecule has 2 unspecified atom stereocenters. The summed E-state index contributed by atoms with van der Waals surface area (Å²) >= 11 is 0. The topological polar surface area (TPSA) is 111 Å². The van der Waals surface area contributed by atoms with Crippen LogP contribution in [0.25, 0.3) is 0 Å². The van der Waals surface area contributed by atoms with Crippen molar-refractivity contribution >= 4 is 18.1 Å². The van der Waals surface area contributed by atoms with Crippen molar-refractivity contribution in [1.82, 2.24) is 25.1 Å². The van der Waals surface area contributed by atoms with Crippen LogP contribution in [0.2, 0.25) is 0 Å². The maximum atomic E-state index is 12.6. The molecule has 1 saturated heterocycles. The van der Waals surface area contributed by atoms with E-state index in [2.05, 4.69) is 56.7 Å². The number of aliphatic hydroxyl groups excluding tert-OH is 1. The normalized spacial score (nSPS) is 20.1. The molecule has 2 amide bonds. The van der Waals surface area contributed by atoms with E-state index in [1.165, 1.54) is 17.5 Å². The van der Waals surface area contributed by atoms with Gasteiger partial charge in [0.25, 0.3) is 5.91 Å². The van der Waals surface area contributed by atoms with E-state index < -0.39 is 6.10 Å². The number of likely N-dealkylation sites (tertiary alicyclic amines) is 1. The highest BCUT2D eigenvalue weighted by Crippen LogP contribution is 2.28. The van der Waals surface area contributed by atoms with Crippen molar-refractivity contribution in [2.24, 2.45) is 0 Å². The van der Waals surface area contributed by atoms with Gasteiger partial charge in [-0.2, -0.15) is 0 Å². The molecule has 2 atom stereocenters. The van der Waals surface area contributed by atoms with Crippen LogP contribution in [-0.4, -0.2) is 82.1 Å². The van der Waals surface area contributed by atoms with Gasteiger partial charge in [0, 0.05) is 50.9 Å². The highest BCUT2D eigenvalue weighted by molar-refractivity contribution is 5.92. The van der Waals surface area contributed by atoms with E-state index in [1.54, 1.807) is 11.0 Å². The quantitative estimate of drug-likeness (QED) is 0.517. The van der Waals surface area contributed by atoms with E-state index in [1.807, 2.05) is 0 Å². The molecule has 33 heavy (non-hydrogen) atoms. The van der Waals surface area contributed by atoms with E-state index in [0.717, 1.165) is 32.2 Å². The molecule has 3 heterocycles. The molecule has 0 aliphatic carbocycles. The largest absolute Gasteiger partial charge is 0.390 e. The maximum absolute atomic E-state index is 12.6. The summed E-state index contributed by atoms with van der Waals surface area (Å²) in [7, 11) is 0. The number of amides is 2. The van der Waals surface area contributed by atoms with Crippen molar-refractivity contribution in [1.29, 1.82) is 0 Å². The maximum Gasteiger partial charge on any atom is 0.270 e. The van der Waals surface area contributed by atoms with Gasteiger partial charge in [-0.25, -0.2) is 9.97 Å². The Morgan fingerprint density at radius 1 is 1.24 bits per heavy atom. The second kappa shape index (κ2) is 10.7. The minimum Gasteiger partial charge on any atom is -0.390 e. The van der Waals surface area contributed by atoms with Gasteiger partial charge in [-0.05, 0) is 37.3 Å². The van der Waals surface area contributed by atoms with Gasteiger partial charge in [-0.1, -0.05) is 24.3 Å². The Morgan fingerprint density at radius 2 is 2.03 bits per heavy atom. The number of β-amino-alcohol motifs (C(OH)–C–C–N with tert-alkyl or cyclic N) is 1. The molecule has 9 nitrogen and oxygen atoms in total. The van der Waals surface area contributed by atoms with Crippen molar-refractivity contribution in [2.45, 2.75) is 44.4 Å². The zero-order valence-corrected chi connectivity index (χ0v) is 19.0. The van der Waals surface area contributed by atoms with Gasteiger partial charge < -0.3 is 20.6 Å². The summed E-state index contributed by atoms with van der Waals surface area (Å²) in [6.45, 7) is 5.10. The average molecular weight is 453 g/mol. The van der Waals surface area contributed by atoms with Crippen molar-refractivity contribution in [3.05, 3.63) is 53.5 Å². The first-order valence-electron chi connectivity index (χ1n) is 11.6. The SMILES string of the molecule is CC1c2ccccc2CCN1CC(O)CNC(=O)c1cc(NC2CCN(C=O)CC2)ncn1. The van der Waals surface area contributed by atoms with E-state index in [9.17, 15) is 14.7 Å². The standard InChI is InChI=1S/C24H32N6O3/c1-17-21-5-3-2-4-18(21)6-11-30(17)14-20(32)13-25-24(33)22-12-23(27-15-26-22)28-19-7-9-29(16-31)10-8-19/h2-5,12,15-17,19-20,32H,6-11,13-14H2,1H3,(H,25,33)(H,26,27,28). The minimum atomic E-state index is -0.677. The summed E-state index contributed by atoms with van der Waals surface area (Å²) in [6.07, 6.45) is 4.18. The average Bonchev–Trinajstić information content (AvgIpc) is 2.85. The summed E-state index contributed by atoms with van der Waals surface area (Å²) < 4.78 is 0. The fraction of sp³-hybridized carbons (Fsp3) is 0.500. The molecule has 2 aliphatic heterocycles. The number of aromatic nitrogens is 2. The molecule has 3 N–H and O–H groups in total. The number of nitrogens with zero attached hydrogens (tertiary/aromatic N) is 4. The second-order valence-corrected chi connectivity index (χ2v) is 8.83. The Morgan fingerprint density at radius 3 is 2.82 bits per heavy atom. The zero-order valence-electron chi connectivity index (χ0n) is 19.0. The summed E-state index contributed by atoms with van der Waals surface area (Å²) in [5, 5.41) is 16.7. The highest BCUT2D eigenvalue weighted by atomic mass is 16.3. The lowest BCUT2D eigenvalue weighted by atomic mass is 9.93. The first kappa shape index (κ1) is 23.1. The predicted molar refractivity (Wildman–Crippen MR) is 125 cm³/mol. The van der Waals surface area contributed by atoms with Crippen LogP contribution in [0.15, 0.2) is 36.7 Å². The third-order valence-corrected chi connectivity index (χ3v) is 6.60. The number of anilines is 1. The van der Waals surface area contributed by atoms with E-state index in [-0.39, 0.29) is 30.2 Å². The number of carbonyl (C=O) groups excluding carboxylic acids is 2. The summed E-state index contributed by atoms with van der Waals surface area (Å²) in [4.78, 5) is 35.7. The number of benzene rings is 1. The Labute approximate surface area is 194 Å². The molecule has 4 rings (SSSR count). The van der Waals surface area contributed by atoms with Gasteiger partial charge >= 0.3 is 0 Å². The molecule has 0 radical (unpaired) electrons. The molecule has 1 fully saturated rings. The Kier molecular flexibility index (Phi) is 7.51. The van der Waals surface area contributed by atoms with Crippen LogP contribution in [0.1, 0.15) is 47.4 Å². The third kappa shape index (κ3) is 5.85. The third-order valence-electron chi connectivity index (χ3n) is 6.60. The molecule has 2 aromatic rings. The molecule has 9 heteroatoms. The van der Waals surface area contributed by atoms with Crippen LogP contribution in [-0.2, 0) is 11.2 Å². The van der Waals surface area contributed by atoms with Crippen molar-refractivity contribution < 1.29 is 14.7 Å². The zero-order chi connectivity index (χ0) is 23.2. The molecule has 1 aromatic carbocycles. The lowest BCUT2D eigenvalue weighted by Crippen LogP contribution is -2.43. The van der Waals surface area contributed by atoms with Crippen LogP contribution in [0.4, 0.5) is 5.82 Å². The number of nitrogens with one attached hydrogen (secondary N) is 2. The van der Waals surface area contributed by atoms with Crippen LogP contribution in [0, 0.1) is 0 Å². The number of hydrogen-bond acceptors (Lipinski definition) is 7. The van der Waals surface area contributed by atoms with Gasteiger partial charge in [0.05, 0.1) is 6.10 Å². The molecule has 0 bridgehead atoms. The number of fused-ring (bicyclic) bond motifs is 1. The second-order valence-electron chi connectivity index (χ2n) is 8.83. The van der Waals surface area contributed by atoms with Crippen molar-refractivity contribution in [3.63, 3.8) is 0 Å². The van der Waals surface area contributed by atoms with Gasteiger partial charge in [0.1, 0.15) is 17.8 Å². The minimum absolute atomic E-state index is 0.153. The first-order chi connectivity index (χ1) is 16.0. The molecular formula is C24H32N6O3. The first-order valence-corrected chi connectivity index (χ1v) is 11.6. The van der Waals surface area contributed by atoms with Crippen molar-refractivity contribution in [2.75, 3.05) is 38.0 Å². The van der Waals surface area contributed by atoms with Gasteiger partial charge in [-0.15, -0.1) is 0 Å².